The minimum atomic E-state index is -3.54. The first kappa shape index (κ1) is 17.0. The number of nitrogens with two attached hydrogens (primary N) is 1. The van der Waals surface area contributed by atoms with Crippen LogP contribution in [0.15, 0.2) is 47.9 Å². The van der Waals surface area contributed by atoms with Crippen LogP contribution < -0.4 is 5.73 Å². The van der Waals surface area contributed by atoms with Gasteiger partial charge in [-0.15, -0.1) is 0 Å². The van der Waals surface area contributed by atoms with E-state index in [1.54, 1.807) is 18.2 Å². The molecule has 0 unspecified atom stereocenters. The molecule has 0 aliphatic carbocycles. The zero-order chi connectivity index (χ0) is 17.0. The molecule has 120 valence electrons. The molecule has 23 heavy (non-hydrogen) atoms. The molecule has 0 saturated carbocycles. The van der Waals surface area contributed by atoms with Crippen LogP contribution in [-0.2, 0) is 15.6 Å². The van der Waals surface area contributed by atoms with Gasteiger partial charge in [0.2, 0.25) is 0 Å². The average molecular weight is 353 g/mol. The Morgan fingerprint density at radius 3 is 2.43 bits per heavy atom. The van der Waals surface area contributed by atoms with E-state index in [1.165, 1.54) is 30.3 Å². The van der Waals surface area contributed by atoms with Crippen molar-refractivity contribution in [2.24, 2.45) is 0 Å². The maximum Gasteiger partial charge on any atom is 0.269 e. The van der Waals surface area contributed by atoms with Crippen LogP contribution in [0, 0.1) is 10.1 Å². The lowest BCUT2D eigenvalue weighted by Gasteiger charge is -2.02. The third kappa shape index (κ3) is 4.80. The highest BCUT2D eigenvalue weighted by molar-refractivity contribution is 7.93. The van der Waals surface area contributed by atoms with E-state index in [2.05, 4.69) is 0 Å². The predicted molar refractivity (Wildman–Crippen MR) is 90.6 cm³/mol. The number of non-ortho nitro benzene ring substituents is 1. The van der Waals surface area contributed by atoms with Crippen LogP contribution in [0.5, 0.6) is 0 Å². The van der Waals surface area contributed by atoms with E-state index in [0.29, 0.717) is 21.8 Å². The fourth-order valence-electron chi connectivity index (χ4n) is 1.86. The maximum atomic E-state index is 12.1. The van der Waals surface area contributed by atoms with Crippen molar-refractivity contribution in [3.63, 3.8) is 0 Å². The molecule has 0 saturated heterocycles. The lowest BCUT2D eigenvalue weighted by molar-refractivity contribution is -0.384. The van der Waals surface area contributed by atoms with E-state index in [-0.39, 0.29) is 11.4 Å². The van der Waals surface area contributed by atoms with Gasteiger partial charge in [-0.3, -0.25) is 10.1 Å². The van der Waals surface area contributed by atoms with Gasteiger partial charge in [0.25, 0.3) is 5.69 Å². The van der Waals surface area contributed by atoms with E-state index in [0.717, 1.165) is 5.41 Å². The predicted octanol–water partition coefficient (Wildman–Crippen LogP) is 3.42. The molecule has 0 fully saturated rings. The molecule has 0 bridgehead atoms. The molecule has 0 aromatic heterocycles. The average Bonchev–Trinajstić information content (AvgIpc) is 2.48. The zero-order valence-electron chi connectivity index (χ0n) is 11.8. The summed E-state index contributed by atoms with van der Waals surface area (Å²) in [6.07, 6.45) is 1.38. The minimum absolute atomic E-state index is 0.0895. The van der Waals surface area contributed by atoms with Crippen LogP contribution in [0.25, 0.3) is 6.08 Å². The monoisotopic (exact) mass is 352 g/mol. The summed E-state index contributed by atoms with van der Waals surface area (Å²) < 4.78 is 24.2. The second kappa shape index (κ2) is 6.80. The van der Waals surface area contributed by atoms with Gasteiger partial charge in [0.05, 0.1) is 10.7 Å². The van der Waals surface area contributed by atoms with Crippen molar-refractivity contribution in [3.8, 4) is 0 Å². The van der Waals surface area contributed by atoms with Crippen molar-refractivity contribution >= 4 is 38.9 Å². The highest BCUT2D eigenvalue weighted by Crippen LogP contribution is 2.20. The summed E-state index contributed by atoms with van der Waals surface area (Å²) in [5, 5.41) is 12.1. The first-order valence-electron chi connectivity index (χ1n) is 6.46. The third-order valence-electron chi connectivity index (χ3n) is 3.02. The van der Waals surface area contributed by atoms with Crippen molar-refractivity contribution < 1.29 is 13.3 Å². The molecule has 8 heteroatoms. The van der Waals surface area contributed by atoms with Crippen molar-refractivity contribution in [1.82, 2.24) is 0 Å². The van der Waals surface area contributed by atoms with E-state index in [9.17, 15) is 18.5 Å². The number of benzene rings is 2. The smallest absolute Gasteiger partial charge is 0.269 e. The Hall–Kier alpha value is -2.38. The summed E-state index contributed by atoms with van der Waals surface area (Å²) in [6, 6.07) is 10.1. The molecule has 0 aliphatic rings. The van der Waals surface area contributed by atoms with E-state index in [1.807, 2.05) is 0 Å². The van der Waals surface area contributed by atoms with Gasteiger partial charge in [-0.05, 0) is 35.4 Å². The first-order valence-corrected chi connectivity index (χ1v) is 8.55. The normalized spacial score (nSPS) is 11.7. The van der Waals surface area contributed by atoms with Crippen molar-refractivity contribution in [3.05, 3.63) is 74.1 Å². The maximum absolute atomic E-state index is 12.1. The number of hydrogen-bond donors (Lipinski definition) is 1. The number of rotatable bonds is 5. The van der Waals surface area contributed by atoms with Gasteiger partial charge in [-0.2, -0.15) is 0 Å². The van der Waals surface area contributed by atoms with E-state index in [4.69, 9.17) is 17.3 Å². The Labute approximate surface area is 138 Å². The number of nitro groups is 1. The number of halogens is 1. The van der Waals surface area contributed by atoms with E-state index < -0.39 is 14.8 Å². The number of hydrogen-bond acceptors (Lipinski definition) is 5. The molecule has 2 N–H and O–H groups in total. The summed E-state index contributed by atoms with van der Waals surface area (Å²) >= 11 is 5.84. The second-order valence-corrected chi connectivity index (χ2v) is 7.13. The first-order chi connectivity index (χ1) is 10.8. The molecule has 6 nitrogen and oxygen atoms in total. The van der Waals surface area contributed by atoms with Gasteiger partial charge in [-0.25, -0.2) is 8.42 Å². The summed E-state index contributed by atoms with van der Waals surface area (Å²) in [6.45, 7) is 0. The van der Waals surface area contributed by atoms with Gasteiger partial charge < -0.3 is 5.73 Å². The lowest BCUT2D eigenvalue weighted by atomic mass is 10.2. The Morgan fingerprint density at radius 2 is 1.83 bits per heavy atom. The molecule has 0 radical (unpaired) electrons. The van der Waals surface area contributed by atoms with Crippen LogP contribution in [0.3, 0.4) is 0 Å². The number of nitro benzene ring substituents is 1. The third-order valence-corrected chi connectivity index (χ3v) is 4.54. The van der Waals surface area contributed by atoms with E-state index >= 15 is 0 Å². The quantitative estimate of drug-likeness (QED) is 0.504. The summed E-state index contributed by atoms with van der Waals surface area (Å²) in [5.41, 5.74) is 7.03. The second-order valence-electron chi connectivity index (χ2n) is 4.81. The van der Waals surface area contributed by atoms with Gasteiger partial charge in [0.1, 0.15) is 0 Å². The largest absolute Gasteiger partial charge is 0.398 e. The molecule has 0 atom stereocenters. The molecular formula is C15H13ClN2O4S. The fraction of sp³-hybridized carbons (Fsp3) is 0.0667. The number of nitrogens with zero attached hydrogens (tertiary/aromatic N) is 1. The van der Waals surface area contributed by atoms with Crippen molar-refractivity contribution in [2.75, 3.05) is 5.73 Å². The van der Waals surface area contributed by atoms with Gasteiger partial charge in [0.15, 0.2) is 9.84 Å². The SMILES string of the molecule is Nc1ccc(Cl)cc1C=CS(=O)(=O)Cc1ccc([N+](=O)[O-])cc1. The number of sulfone groups is 1. The molecule has 2 rings (SSSR count). The zero-order valence-corrected chi connectivity index (χ0v) is 13.4. The van der Waals surface area contributed by atoms with Gasteiger partial charge >= 0.3 is 0 Å². The fourth-order valence-corrected chi connectivity index (χ4v) is 3.15. The van der Waals surface area contributed by atoms with Crippen molar-refractivity contribution in [1.29, 1.82) is 0 Å². The molecule has 0 heterocycles. The van der Waals surface area contributed by atoms with Crippen LogP contribution in [0.4, 0.5) is 11.4 Å². The minimum Gasteiger partial charge on any atom is -0.398 e. The van der Waals surface area contributed by atoms with Crippen LogP contribution in [0.2, 0.25) is 5.02 Å². The van der Waals surface area contributed by atoms with Crippen LogP contribution in [0.1, 0.15) is 11.1 Å². The number of anilines is 1. The van der Waals surface area contributed by atoms with Crippen molar-refractivity contribution in [2.45, 2.75) is 5.75 Å². The van der Waals surface area contributed by atoms with Crippen LogP contribution >= 0.6 is 11.6 Å². The van der Waals surface area contributed by atoms with Gasteiger partial charge in [-0.1, -0.05) is 23.7 Å². The summed E-state index contributed by atoms with van der Waals surface area (Å²) in [5.74, 6) is -0.262. The molecule has 0 aliphatic heterocycles. The Bertz CT molecular complexity index is 862. The topological polar surface area (TPSA) is 103 Å². The Balaban J connectivity index is 2.17. The molecule has 2 aromatic carbocycles. The standard InChI is InChI=1S/C15H13ClN2O4S/c16-13-3-6-15(17)12(9-13)7-8-23(21,22)10-11-1-4-14(5-2-11)18(19)20/h1-9H,10,17H2. The molecular weight excluding hydrogens is 340 g/mol. The summed E-state index contributed by atoms with van der Waals surface area (Å²) in [7, 11) is -3.54. The lowest BCUT2D eigenvalue weighted by Crippen LogP contribution is -2.00. The van der Waals surface area contributed by atoms with Gasteiger partial charge in [0, 0.05) is 28.3 Å². The summed E-state index contributed by atoms with van der Waals surface area (Å²) in [4.78, 5) is 10.0. The molecule has 0 spiro atoms. The Kier molecular flexibility index (Phi) is 5.02. The highest BCUT2D eigenvalue weighted by Gasteiger charge is 2.10. The Morgan fingerprint density at radius 1 is 1.17 bits per heavy atom. The number of nitrogen functional groups attached to an aromatic ring is 1. The molecule has 2 aromatic rings. The van der Waals surface area contributed by atoms with Crippen LogP contribution in [-0.4, -0.2) is 13.3 Å². The highest BCUT2D eigenvalue weighted by atomic mass is 35.5. The molecule has 0 amide bonds.